The zero-order valence-corrected chi connectivity index (χ0v) is 19.2. The summed E-state index contributed by atoms with van der Waals surface area (Å²) in [5.74, 6) is 0. The topological polar surface area (TPSA) is 0 Å². The highest BCUT2D eigenvalue weighted by atomic mass is 14.3. The monoisotopic (exact) mass is 448 g/mol. The highest BCUT2D eigenvalue weighted by Crippen LogP contribution is 2.55. The fraction of sp³-hybridized carbons (Fsp3) is 0. The van der Waals surface area contributed by atoms with Crippen molar-refractivity contribution in [3.63, 3.8) is 0 Å². The molecule has 11 rings (SSSR count). The Hall–Kier alpha value is -4.68. The normalized spacial score (nSPS) is 13.6. The van der Waals surface area contributed by atoms with Crippen LogP contribution >= 0.6 is 0 Å². The molecule has 0 saturated carbocycles. The fourth-order valence-corrected chi connectivity index (χ4v) is 8.11. The van der Waals surface area contributed by atoms with Gasteiger partial charge in [-0.2, -0.15) is 0 Å². The third-order valence-corrected chi connectivity index (χ3v) is 9.31. The third kappa shape index (κ3) is 1.55. The van der Waals surface area contributed by atoms with Crippen LogP contribution in [0, 0.1) is 0 Å². The zero-order valence-electron chi connectivity index (χ0n) is 19.2. The maximum atomic E-state index is 2.48. The minimum atomic E-state index is 1.34. The lowest BCUT2D eigenvalue weighted by Gasteiger charge is -2.26. The summed E-state index contributed by atoms with van der Waals surface area (Å²) in [6.45, 7) is 0. The first-order valence-electron chi connectivity index (χ1n) is 12.8. The van der Waals surface area contributed by atoms with Crippen molar-refractivity contribution in [2.24, 2.45) is 0 Å². The molecule has 0 aliphatic heterocycles. The smallest absolute Gasteiger partial charge is 0.0000925 e. The van der Waals surface area contributed by atoms with Crippen molar-refractivity contribution in [1.82, 2.24) is 0 Å². The number of benzene rings is 11. The number of hydrogen-bond acceptors (Lipinski definition) is 0. The molecule has 0 spiro atoms. The van der Waals surface area contributed by atoms with E-state index in [1.165, 1.54) is 108 Å². The van der Waals surface area contributed by atoms with Gasteiger partial charge in [-0.25, -0.2) is 0 Å². The Morgan fingerprint density at radius 2 is 0.611 bits per heavy atom. The Balaban J connectivity index is 1.72. The van der Waals surface area contributed by atoms with Gasteiger partial charge in [0, 0.05) is 0 Å². The van der Waals surface area contributed by atoms with Crippen LogP contribution in [0.25, 0.3) is 108 Å². The van der Waals surface area contributed by atoms with E-state index >= 15 is 0 Å². The molecule has 0 atom stereocenters. The first-order valence-corrected chi connectivity index (χ1v) is 12.8. The van der Waals surface area contributed by atoms with Gasteiger partial charge < -0.3 is 0 Å². The first-order chi connectivity index (χ1) is 17.9. The van der Waals surface area contributed by atoms with E-state index in [2.05, 4.69) is 97.1 Å². The van der Waals surface area contributed by atoms with Crippen molar-refractivity contribution in [2.75, 3.05) is 0 Å². The van der Waals surface area contributed by atoms with E-state index in [0.717, 1.165) is 0 Å². The highest BCUT2D eigenvalue weighted by Gasteiger charge is 2.26. The van der Waals surface area contributed by atoms with Crippen molar-refractivity contribution in [1.29, 1.82) is 0 Å². The molecule has 11 aromatic carbocycles. The molecule has 0 heterocycles. The van der Waals surface area contributed by atoms with Gasteiger partial charge in [0.2, 0.25) is 0 Å². The Kier molecular flexibility index (Phi) is 2.40. The molecular weight excluding hydrogens is 432 g/mol. The van der Waals surface area contributed by atoms with Gasteiger partial charge in [-0.1, -0.05) is 78.9 Å². The van der Waals surface area contributed by atoms with Crippen LogP contribution in [0.1, 0.15) is 0 Å². The molecule has 0 saturated heterocycles. The van der Waals surface area contributed by atoms with Gasteiger partial charge in [-0.05, 0) is 126 Å². The summed E-state index contributed by atoms with van der Waals surface area (Å²) in [7, 11) is 0. The molecule has 11 aromatic rings. The molecule has 0 nitrogen and oxygen atoms in total. The van der Waals surface area contributed by atoms with Gasteiger partial charge in [-0.3, -0.25) is 0 Å². The highest BCUT2D eigenvalue weighted by molar-refractivity contribution is 6.55. The first kappa shape index (κ1) is 16.9. The molecule has 160 valence electrons. The summed E-state index contributed by atoms with van der Waals surface area (Å²) in [6, 6.07) is 37.3. The summed E-state index contributed by atoms with van der Waals surface area (Å²) in [5.41, 5.74) is 0. The average Bonchev–Trinajstić information content (AvgIpc) is 2.93. The van der Waals surface area contributed by atoms with E-state index in [4.69, 9.17) is 0 Å². The quantitative estimate of drug-likeness (QED) is 0.160. The summed E-state index contributed by atoms with van der Waals surface area (Å²) in [6.07, 6.45) is 0. The molecule has 0 unspecified atom stereocenters. The Morgan fingerprint density at radius 3 is 1.25 bits per heavy atom. The van der Waals surface area contributed by atoms with Gasteiger partial charge in [0.1, 0.15) is 0 Å². The average molecular weight is 449 g/mol. The van der Waals surface area contributed by atoms with E-state index in [1.54, 1.807) is 0 Å². The second-order valence-corrected chi connectivity index (χ2v) is 10.8. The van der Waals surface area contributed by atoms with Crippen LogP contribution in [0.2, 0.25) is 0 Å². The van der Waals surface area contributed by atoms with Crippen molar-refractivity contribution in [2.45, 2.75) is 0 Å². The van der Waals surface area contributed by atoms with Crippen LogP contribution in [0.5, 0.6) is 0 Å². The largest absolute Gasteiger partial charge is 0.0610 e. The summed E-state index contributed by atoms with van der Waals surface area (Å²) in [4.78, 5) is 0. The second-order valence-electron chi connectivity index (χ2n) is 10.8. The molecule has 0 aliphatic carbocycles. The SMILES string of the molecule is c1cc2ccc3cc4ccc5cc6cccc7c8cccc9cc%10c(c1)c2c3c1c4c5c(c67)c(c98)c%101. The van der Waals surface area contributed by atoms with Gasteiger partial charge >= 0.3 is 0 Å². The lowest BCUT2D eigenvalue weighted by Crippen LogP contribution is -1.97. The second kappa shape index (κ2) is 5.12. The van der Waals surface area contributed by atoms with Crippen LogP contribution in [-0.2, 0) is 0 Å². The number of hydrogen-bond donors (Lipinski definition) is 0. The van der Waals surface area contributed by atoms with Crippen LogP contribution < -0.4 is 0 Å². The van der Waals surface area contributed by atoms with Gasteiger partial charge in [0.15, 0.2) is 0 Å². The van der Waals surface area contributed by atoms with E-state index in [-0.39, 0.29) is 0 Å². The molecule has 0 fully saturated rings. The Bertz CT molecular complexity index is 2650. The van der Waals surface area contributed by atoms with Gasteiger partial charge in [0.05, 0.1) is 0 Å². The predicted molar refractivity (Wildman–Crippen MR) is 157 cm³/mol. The van der Waals surface area contributed by atoms with Crippen molar-refractivity contribution in [3.05, 3.63) is 97.1 Å². The molecule has 0 N–H and O–H groups in total. The molecular formula is C36H16. The van der Waals surface area contributed by atoms with E-state index < -0.39 is 0 Å². The van der Waals surface area contributed by atoms with Crippen LogP contribution in [0.15, 0.2) is 97.1 Å². The molecule has 0 aliphatic rings. The van der Waals surface area contributed by atoms with Crippen molar-refractivity contribution < 1.29 is 0 Å². The summed E-state index contributed by atoms with van der Waals surface area (Å²) >= 11 is 0. The zero-order chi connectivity index (χ0) is 22.9. The number of fused-ring (bicyclic) bond motifs is 2. The summed E-state index contributed by atoms with van der Waals surface area (Å²) < 4.78 is 0. The van der Waals surface area contributed by atoms with E-state index in [9.17, 15) is 0 Å². The molecule has 0 heteroatoms. The maximum Gasteiger partial charge on any atom is -0.0000925 e. The van der Waals surface area contributed by atoms with Crippen LogP contribution in [-0.4, -0.2) is 0 Å². The standard InChI is InChI=1S/C36H16/c1-4-17-10-11-20-15-22-13-12-21-14-18-5-2-7-23-24-8-3-6-19-16-26-25(9-1)27(17)30(20)36-32(22)31(21)34(28(18)23)35(29(19)24)33(26)36/h1-16H. The molecule has 36 heavy (non-hydrogen) atoms. The summed E-state index contributed by atoms with van der Waals surface area (Å²) in [5, 5.41) is 28.1. The van der Waals surface area contributed by atoms with Gasteiger partial charge in [-0.15, -0.1) is 0 Å². The Labute approximate surface area is 204 Å². The van der Waals surface area contributed by atoms with Gasteiger partial charge in [0.25, 0.3) is 0 Å². The lowest BCUT2D eigenvalue weighted by atomic mass is 9.77. The van der Waals surface area contributed by atoms with Crippen molar-refractivity contribution >= 4 is 108 Å². The number of rotatable bonds is 0. The molecule has 0 aromatic heterocycles. The minimum absolute atomic E-state index is 1.34. The van der Waals surface area contributed by atoms with Crippen LogP contribution in [0.4, 0.5) is 0 Å². The molecule has 0 radical (unpaired) electrons. The predicted octanol–water partition coefficient (Wildman–Crippen LogP) is 10.4. The molecule has 0 bridgehead atoms. The van der Waals surface area contributed by atoms with E-state index in [0.29, 0.717) is 0 Å². The van der Waals surface area contributed by atoms with E-state index in [1.807, 2.05) is 0 Å². The molecule has 0 amide bonds. The van der Waals surface area contributed by atoms with Crippen molar-refractivity contribution in [3.8, 4) is 0 Å². The third-order valence-electron chi connectivity index (χ3n) is 9.31. The maximum absolute atomic E-state index is 2.48. The lowest BCUT2D eigenvalue weighted by molar-refractivity contribution is 1.81. The Morgan fingerprint density at radius 1 is 0.222 bits per heavy atom. The fourth-order valence-electron chi connectivity index (χ4n) is 8.11. The van der Waals surface area contributed by atoms with Crippen LogP contribution in [0.3, 0.4) is 0 Å². The minimum Gasteiger partial charge on any atom is -0.0610 e.